The van der Waals surface area contributed by atoms with Crippen LogP contribution in [0.15, 0.2) is 36.7 Å². The first-order valence-corrected chi connectivity index (χ1v) is 7.10. The van der Waals surface area contributed by atoms with Gasteiger partial charge in [0.25, 0.3) is 0 Å². The number of nitrogens with zero attached hydrogens (tertiary/aromatic N) is 2. The number of nitrogens with two attached hydrogens (primary N) is 1. The van der Waals surface area contributed by atoms with Crippen molar-refractivity contribution in [2.75, 3.05) is 0 Å². The molecule has 1 aliphatic rings. The molecule has 1 atom stereocenters. The minimum Gasteiger partial charge on any atom is -0.335 e. The number of hydrogen-bond acceptors (Lipinski definition) is 2. The normalized spacial score (nSPS) is 21.6. The molecule has 1 aliphatic carbocycles. The maximum atomic E-state index is 6.67. The summed E-state index contributed by atoms with van der Waals surface area (Å²) in [6, 6.07) is 8.56. The second kappa shape index (κ2) is 4.82. The van der Waals surface area contributed by atoms with Crippen molar-refractivity contribution >= 4 is 0 Å². The molecule has 0 spiro atoms. The highest BCUT2D eigenvalue weighted by atomic mass is 15.1. The number of imidazole rings is 1. The van der Waals surface area contributed by atoms with E-state index in [-0.39, 0.29) is 5.54 Å². The Balaban J connectivity index is 1.89. The van der Waals surface area contributed by atoms with E-state index in [9.17, 15) is 0 Å². The zero-order chi connectivity index (χ0) is 13.3. The Morgan fingerprint density at radius 3 is 3.05 bits per heavy atom. The minimum atomic E-state index is -0.243. The Hall–Kier alpha value is -1.61. The smallest absolute Gasteiger partial charge is 0.110 e. The summed E-state index contributed by atoms with van der Waals surface area (Å²) in [5.41, 5.74) is 9.14. The highest BCUT2D eigenvalue weighted by molar-refractivity contribution is 5.39. The maximum absolute atomic E-state index is 6.67. The molecule has 1 aromatic heterocycles. The third-order valence-corrected chi connectivity index (χ3v) is 4.13. The van der Waals surface area contributed by atoms with Gasteiger partial charge in [-0.2, -0.15) is 0 Å². The van der Waals surface area contributed by atoms with Crippen molar-refractivity contribution in [1.29, 1.82) is 0 Å². The van der Waals surface area contributed by atoms with Gasteiger partial charge in [0.2, 0.25) is 0 Å². The van der Waals surface area contributed by atoms with Crippen LogP contribution in [0, 0.1) is 0 Å². The van der Waals surface area contributed by atoms with Crippen molar-refractivity contribution in [3.05, 3.63) is 53.6 Å². The standard InChI is InChI=1S/C16H21N3/c1-2-10-19-11-9-18-15(19)12-16(17)8-7-13-5-3-4-6-14(13)16/h3-6,9,11H,2,7-8,10,12,17H2,1H3. The van der Waals surface area contributed by atoms with Crippen molar-refractivity contribution < 1.29 is 0 Å². The van der Waals surface area contributed by atoms with Crippen LogP contribution in [-0.2, 0) is 24.9 Å². The van der Waals surface area contributed by atoms with Gasteiger partial charge in [-0.05, 0) is 30.4 Å². The van der Waals surface area contributed by atoms with Gasteiger partial charge in [-0.1, -0.05) is 31.2 Å². The zero-order valence-electron chi connectivity index (χ0n) is 11.5. The molecule has 0 saturated heterocycles. The summed E-state index contributed by atoms with van der Waals surface area (Å²) in [5.74, 6) is 1.11. The lowest BCUT2D eigenvalue weighted by atomic mass is 9.89. The van der Waals surface area contributed by atoms with Crippen LogP contribution >= 0.6 is 0 Å². The first-order chi connectivity index (χ1) is 9.23. The fourth-order valence-corrected chi connectivity index (χ4v) is 3.13. The molecule has 2 aromatic rings. The predicted octanol–water partition coefficient (Wildman–Crippen LogP) is 2.64. The summed E-state index contributed by atoms with van der Waals surface area (Å²) in [6.45, 7) is 3.21. The molecule has 1 unspecified atom stereocenters. The molecule has 0 fully saturated rings. The Labute approximate surface area is 114 Å². The van der Waals surface area contributed by atoms with Gasteiger partial charge in [0.1, 0.15) is 5.82 Å². The van der Waals surface area contributed by atoms with Crippen molar-refractivity contribution in [2.24, 2.45) is 5.73 Å². The van der Waals surface area contributed by atoms with Crippen LogP contribution in [0.4, 0.5) is 0 Å². The van der Waals surface area contributed by atoms with Gasteiger partial charge in [-0.3, -0.25) is 0 Å². The fraction of sp³-hybridized carbons (Fsp3) is 0.438. The molecule has 0 saturated carbocycles. The van der Waals surface area contributed by atoms with Crippen LogP contribution < -0.4 is 5.73 Å². The molecule has 0 bridgehead atoms. The SMILES string of the molecule is CCCn1ccnc1CC1(N)CCc2ccccc21. The Morgan fingerprint density at radius 2 is 2.21 bits per heavy atom. The van der Waals surface area contributed by atoms with Gasteiger partial charge in [0, 0.05) is 30.9 Å². The van der Waals surface area contributed by atoms with Crippen LogP contribution in [0.3, 0.4) is 0 Å². The molecule has 100 valence electrons. The largest absolute Gasteiger partial charge is 0.335 e. The second-order valence-electron chi connectivity index (χ2n) is 5.53. The first kappa shape index (κ1) is 12.4. The van der Waals surface area contributed by atoms with Gasteiger partial charge in [-0.25, -0.2) is 4.98 Å². The average Bonchev–Trinajstić information content (AvgIpc) is 2.97. The lowest BCUT2D eigenvalue weighted by molar-refractivity contribution is 0.418. The van der Waals surface area contributed by atoms with E-state index >= 15 is 0 Å². The van der Waals surface area contributed by atoms with Gasteiger partial charge < -0.3 is 10.3 Å². The summed E-state index contributed by atoms with van der Waals surface area (Å²) < 4.78 is 2.23. The third-order valence-electron chi connectivity index (χ3n) is 4.13. The molecule has 0 radical (unpaired) electrons. The molecule has 0 aliphatic heterocycles. The van der Waals surface area contributed by atoms with E-state index in [0.29, 0.717) is 0 Å². The number of hydrogen-bond donors (Lipinski definition) is 1. The number of fused-ring (bicyclic) bond motifs is 1. The lowest BCUT2D eigenvalue weighted by Gasteiger charge is -2.25. The van der Waals surface area contributed by atoms with Crippen LogP contribution in [0.5, 0.6) is 0 Å². The fourth-order valence-electron chi connectivity index (χ4n) is 3.13. The number of aryl methyl sites for hydroxylation is 2. The maximum Gasteiger partial charge on any atom is 0.110 e. The second-order valence-corrected chi connectivity index (χ2v) is 5.53. The average molecular weight is 255 g/mol. The summed E-state index contributed by atoms with van der Waals surface area (Å²) >= 11 is 0. The minimum absolute atomic E-state index is 0.243. The summed E-state index contributed by atoms with van der Waals surface area (Å²) in [5, 5.41) is 0. The van der Waals surface area contributed by atoms with Crippen molar-refractivity contribution in [2.45, 2.75) is 44.7 Å². The van der Waals surface area contributed by atoms with Gasteiger partial charge >= 0.3 is 0 Å². The molecular weight excluding hydrogens is 234 g/mol. The molecule has 1 heterocycles. The quantitative estimate of drug-likeness (QED) is 0.912. The van der Waals surface area contributed by atoms with Crippen molar-refractivity contribution in [1.82, 2.24) is 9.55 Å². The van der Waals surface area contributed by atoms with E-state index in [4.69, 9.17) is 5.73 Å². The van der Waals surface area contributed by atoms with Gasteiger partial charge in [0.05, 0.1) is 0 Å². The Kier molecular flexibility index (Phi) is 3.15. The molecule has 3 nitrogen and oxygen atoms in total. The summed E-state index contributed by atoms with van der Waals surface area (Å²) in [7, 11) is 0. The topological polar surface area (TPSA) is 43.8 Å². The molecule has 2 N–H and O–H groups in total. The van der Waals surface area contributed by atoms with Crippen molar-refractivity contribution in [3.63, 3.8) is 0 Å². The number of rotatable bonds is 4. The zero-order valence-corrected chi connectivity index (χ0v) is 11.5. The first-order valence-electron chi connectivity index (χ1n) is 7.10. The predicted molar refractivity (Wildman–Crippen MR) is 76.9 cm³/mol. The molecule has 3 heteroatoms. The van der Waals surface area contributed by atoms with Crippen molar-refractivity contribution in [3.8, 4) is 0 Å². The highest BCUT2D eigenvalue weighted by Crippen LogP contribution is 2.36. The van der Waals surface area contributed by atoms with E-state index in [0.717, 1.165) is 38.1 Å². The van der Waals surface area contributed by atoms with Gasteiger partial charge in [-0.15, -0.1) is 0 Å². The number of aromatic nitrogens is 2. The molecule has 1 aromatic carbocycles. The van der Waals surface area contributed by atoms with E-state index in [1.807, 2.05) is 6.20 Å². The molecule has 19 heavy (non-hydrogen) atoms. The highest BCUT2D eigenvalue weighted by Gasteiger charge is 2.35. The monoisotopic (exact) mass is 255 g/mol. The summed E-state index contributed by atoms with van der Waals surface area (Å²) in [6.07, 6.45) is 8.00. The molecule has 0 amide bonds. The van der Waals surface area contributed by atoms with Crippen LogP contribution in [-0.4, -0.2) is 9.55 Å². The van der Waals surface area contributed by atoms with Gasteiger partial charge in [0.15, 0.2) is 0 Å². The third kappa shape index (κ3) is 2.19. The Morgan fingerprint density at radius 1 is 1.37 bits per heavy atom. The Bertz CT molecular complexity index is 573. The van der Waals surface area contributed by atoms with E-state index in [1.54, 1.807) is 0 Å². The lowest BCUT2D eigenvalue weighted by Crippen LogP contribution is -2.37. The van der Waals surface area contributed by atoms with E-state index in [2.05, 4.69) is 46.9 Å². The van der Waals surface area contributed by atoms with Crippen LogP contribution in [0.1, 0.15) is 36.7 Å². The van der Waals surface area contributed by atoms with Crippen LogP contribution in [0.2, 0.25) is 0 Å². The molecule has 3 rings (SSSR count). The summed E-state index contributed by atoms with van der Waals surface area (Å²) in [4.78, 5) is 4.50. The number of benzene rings is 1. The molecular formula is C16H21N3. The van der Waals surface area contributed by atoms with Crippen LogP contribution in [0.25, 0.3) is 0 Å². The van der Waals surface area contributed by atoms with E-state index in [1.165, 1.54) is 11.1 Å². The van der Waals surface area contributed by atoms with E-state index < -0.39 is 0 Å².